The van der Waals surface area contributed by atoms with E-state index >= 15 is 0 Å². The molecule has 2 rings (SSSR count). The Bertz CT molecular complexity index is 436. The zero-order valence-corrected chi connectivity index (χ0v) is 11.7. The van der Waals surface area contributed by atoms with E-state index in [0.717, 1.165) is 18.8 Å². The highest BCUT2D eigenvalue weighted by molar-refractivity contribution is 5.97. The van der Waals surface area contributed by atoms with Crippen LogP contribution in [0.25, 0.3) is 0 Å². The van der Waals surface area contributed by atoms with Gasteiger partial charge in [0.1, 0.15) is 0 Å². The molecule has 0 bridgehead atoms. The third kappa shape index (κ3) is 3.26. The van der Waals surface area contributed by atoms with Crippen LogP contribution in [0.3, 0.4) is 0 Å². The number of hydrogen-bond donors (Lipinski definition) is 3. The topological polar surface area (TPSA) is 87.0 Å². The van der Waals surface area contributed by atoms with Gasteiger partial charge in [-0.15, -0.1) is 0 Å². The highest BCUT2D eigenvalue weighted by Crippen LogP contribution is 2.13. The van der Waals surface area contributed by atoms with Crippen LogP contribution in [0.1, 0.15) is 42.4 Å². The summed E-state index contributed by atoms with van der Waals surface area (Å²) in [6.07, 6.45) is 3.83. The SMILES string of the molecule is Cc1[nH]nc(C(=O)NCC(C)N2CCCCC2)c1N. The Balaban J connectivity index is 1.84. The third-order valence-electron chi connectivity index (χ3n) is 3.78. The number of hydrogen-bond acceptors (Lipinski definition) is 4. The molecule has 1 aliphatic rings. The number of aromatic nitrogens is 2. The lowest BCUT2D eigenvalue weighted by molar-refractivity contribution is 0.0926. The first kappa shape index (κ1) is 13.9. The number of rotatable bonds is 4. The van der Waals surface area contributed by atoms with Crippen LogP contribution in [0.15, 0.2) is 0 Å². The zero-order valence-electron chi connectivity index (χ0n) is 11.7. The van der Waals surface area contributed by atoms with Crippen LogP contribution >= 0.6 is 0 Å². The Hall–Kier alpha value is -1.56. The molecule has 1 amide bonds. The Morgan fingerprint density at radius 1 is 1.47 bits per heavy atom. The molecule has 1 atom stereocenters. The number of carbonyl (C=O) groups is 1. The number of piperidine rings is 1. The van der Waals surface area contributed by atoms with Crippen molar-refractivity contribution in [3.8, 4) is 0 Å². The first-order valence-electron chi connectivity index (χ1n) is 6.92. The number of amides is 1. The molecule has 1 unspecified atom stereocenters. The normalized spacial score (nSPS) is 18.2. The lowest BCUT2D eigenvalue weighted by Crippen LogP contribution is -2.44. The molecule has 1 saturated heterocycles. The molecule has 1 aromatic heterocycles. The van der Waals surface area contributed by atoms with Gasteiger partial charge in [0.15, 0.2) is 5.69 Å². The van der Waals surface area contributed by atoms with Gasteiger partial charge in [-0.05, 0) is 39.8 Å². The van der Waals surface area contributed by atoms with Crippen LogP contribution in [-0.4, -0.2) is 46.7 Å². The summed E-state index contributed by atoms with van der Waals surface area (Å²) in [5, 5.41) is 9.56. The van der Waals surface area contributed by atoms with Gasteiger partial charge in [0.05, 0.1) is 11.4 Å². The van der Waals surface area contributed by atoms with E-state index in [2.05, 4.69) is 27.3 Å². The number of aromatic amines is 1. The highest BCUT2D eigenvalue weighted by atomic mass is 16.1. The maximum atomic E-state index is 12.0. The second-order valence-electron chi connectivity index (χ2n) is 5.27. The summed E-state index contributed by atoms with van der Waals surface area (Å²) in [6, 6.07) is 0.352. The van der Waals surface area contributed by atoms with E-state index in [0.29, 0.717) is 24.0 Å². The third-order valence-corrected chi connectivity index (χ3v) is 3.78. The van der Waals surface area contributed by atoms with Crippen LogP contribution in [0, 0.1) is 6.92 Å². The van der Waals surface area contributed by atoms with Crippen molar-refractivity contribution in [3.05, 3.63) is 11.4 Å². The first-order chi connectivity index (χ1) is 9.09. The van der Waals surface area contributed by atoms with Crippen molar-refractivity contribution in [1.82, 2.24) is 20.4 Å². The van der Waals surface area contributed by atoms with Crippen LogP contribution in [0.2, 0.25) is 0 Å². The van der Waals surface area contributed by atoms with Crippen molar-refractivity contribution in [1.29, 1.82) is 0 Å². The molecule has 0 radical (unpaired) electrons. The summed E-state index contributed by atoms with van der Waals surface area (Å²) in [7, 11) is 0. The van der Waals surface area contributed by atoms with Crippen LogP contribution in [0.5, 0.6) is 0 Å². The van der Waals surface area contributed by atoms with Crippen molar-refractivity contribution in [2.45, 2.75) is 39.2 Å². The van der Waals surface area contributed by atoms with Gasteiger partial charge in [0.25, 0.3) is 5.91 Å². The van der Waals surface area contributed by atoms with Gasteiger partial charge in [-0.3, -0.25) is 14.8 Å². The van der Waals surface area contributed by atoms with E-state index < -0.39 is 0 Å². The molecular weight excluding hydrogens is 242 g/mol. The molecule has 4 N–H and O–H groups in total. The van der Waals surface area contributed by atoms with Gasteiger partial charge in [-0.2, -0.15) is 5.10 Å². The summed E-state index contributed by atoms with van der Waals surface area (Å²) >= 11 is 0. The summed E-state index contributed by atoms with van der Waals surface area (Å²) < 4.78 is 0. The minimum Gasteiger partial charge on any atom is -0.395 e. The maximum absolute atomic E-state index is 12.0. The summed E-state index contributed by atoms with van der Waals surface area (Å²) in [5.74, 6) is -0.203. The van der Waals surface area contributed by atoms with Gasteiger partial charge >= 0.3 is 0 Å². The fraction of sp³-hybridized carbons (Fsp3) is 0.692. The standard InChI is InChI=1S/C13H23N5O/c1-9(18-6-4-3-5-7-18)8-15-13(19)12-11(14)10(2)16-17-12/h9H,3-8,14H2,1-2H3,(H,15,19)(H,16,17). The molecule has 1 fully saturated rings. The molecule has 106 valence electrons. The summed E-state index contributed by atoms with van der Waals surface area (Å²) in [6.45, 7) is 6.83. The van der Waals surface area contributed by atoms with E-state index in [1.54, 1.807) is 6.92 Å². The van der Waals surface area contributed by atoms with Crippen LogP contribution in [0.4, 0.5) is 5.69 Å². The number of nitrogens with one attached hydrogen (secondary N) is 2. The Morgan fingerprint density at radius 3 is 2.74 bits per heavy atom. The van der Waals surface area contributed by atoms with Gasteiger partial charge < -0.3 is 11.1 Å². The fourth-order valence-corrected chi connectivity index (χ4v) is 2.42. The Kier molecular flexibility index (Phi) is 4.42. The van der Waals surface area contributed by atoms with E-state index in [9.17, 15) is 4.79 Å². The molecule has 0 aromatic carbocycles. The predicted octanol–water partition coefficient (Wildman–Crippen LogP) is 0.905. The summed E-state index contributed by atoms with van der Waals surface area (Å²) in [5.41, 5.74) is 7.25. The number of nitrogens with zero attached hydrogens (tertiary/aromatic N) is 2. The number of carbonyl (C=O) groups excluding carboxylic acids is 1. The fourth-order valence-electron chi connectivity index (χ4n) is 2.42. The number of nitrogen functional groups attached to an aromatic ring is 1. The molecule has 19 heavy (non-hydrogen) atoms. The Labute approximate surface area is 113 Å². The molecule has 6 heteroatoms. The van der Waals surface area contributed by atoms with Crippen molar-refractivity contribution < 1.29 is 4.79 Å². The molecule has 2 heterocycles. The van der Waals surface area contributed by atoms with Crippen molar-refractivity contribution in [2.24, 2.45) is 0 Å². The van der Waals surface area contributed by atoms with Crippen molar-refractivity contribution in [2.75, 3.05) is 25.4 Å². The number of H-pyrrole nitrogens is 1. The molecule has 0 aliphatic carbocycles. The molecule has 0 spiro atoms. The van der Waals surface area contributed by atoms with Crippen molar-refractivity contribution in [3.63, 3.8) is 0 Å². The number of anilines is 1. The average molecular weight is 265 g/mol. The van der Waals surface area contributed by atoms with Crippen LogP contribution in [-0.2, 0) is 0 Å². The maximum Gasteiger partial charge on any atom is 0.273 e. The van der Waals surface area contributed by atoms with Gasteiger partial charge in [-0.1, -0.05) is 6.42 Å². The van der Waals surface area contributed by atoms with Gasteiger partial charge in [0, 0.05) is 12.6 Å². The van der Waals surface area contributed by atoms with Crippen LogP contribution < -0.4 is 11.1 Å². The second-order valence-corrected chi connectivity index (χ2v) is 5.27. The number of nitrogens with two attached hydrogens (primary N) is 1. The van der Waals surface area contributed by atoms with Gasteiger partial charge in [0.2, 0.25) is 0 Å². The highest BCUT2D eigenvalue weighted by Gasteiger charge is 2.19. The smallest absolute Gasteiger partial charge is 0.273 e. The molecule has 1 aromatic rings. The molecular formula is C13H23N5O. The van der Waals surface area contributed by atoms with Gasteiger partial charge in [-0.25, -0.2) is 0 Å². The first-order valence-corrected chi connectivity index (χ1v) is 6.92. The summed E-state index contributed by atoms with van der Waals surface area (Å²) in [4.78, 5) is 14.4. The molecule has 1 aliphatic heterocycles. The second kappa shape index (κ2) is 6.06. The molecule has 6 nitrogen and oxygen atoms in total. The lowest BCUT2D eigenvalue weighted by atomic mass is 10.1. The predicted molar refractivity (Wildman–Crippen MR) is 75.0 cm³/mol. The van der Waals surface area contributed by atoms with E-state index in [4.69, 9.17) is 5.73 Å². The lowest BCUT2D eigenvalue weighted by Gasteiger charge is -2.32. The van der Waals surface area contributed by atoms with E-state index in [1.807, 2.05) is 0 Å². The van der Waals surface area contributed by atoms with E-state index in [1.165, 1.54) is 19.3 Å². The largest absolute Gasteiger partial charge is 0.395 e. The zero-order chi connectivity index (χ0) is 13.8. The van der Waals surface area contributed by atoms with E-state index in [-0.39, 0.29) is 5.91 Å². The monoisotopic (exact) mass is 265 g/mol. The number of likely N-dealkylation sites (tertiary alicyclic amines) is 1. The quantitative estimate of drug-likeness (QED) is 0.755. The number of aryl methyl sites for hydroxylation is 1. The van der Waals surface area contributed by atoms with Crippen molar-refractivity contribution >= 4 is 11.6 Å². The Morgan fingerprint density at radius 2 is 2.16 bits per heavy atom. The minimum atomic E-state index is -0.203. The minimum absolute atomic E-state index is 0.203. The molecule has 0 saturated carbocycles. The average Bonchev–Trinajstić information content (AvgIpc) is 2.77.